The highest BCUT2D eigenvalue weighted by Gasteiger charge is 2.09. The van der Waals surface area contributed by atoms with Crippen molar-refractivity contribution in [3.63, 3.8) is 0 Å². The predicted molar refractivity (Wildman–Crippen MR) is 83.8 cm³/mol. The summed E-state index contributed by atoms with van der Waals surface area (Å²) in [6.45, 7) is 8.60. The standard InChI is InChI=1S/C16H20N4O2/c1-12(2)9-22-15-6-4-14(5-7-15)16(21)18-8-13(3)20-11-17-10-19-20/h4-7,10-11,13H,1,8-9H2,2-3H3,(H,18,21)/t13-/m1/s1. The van der Waals surface area contributed by atoms with Gasteiger partial charge in [0.25, 0.3) is 5.91 Å². The molecule has 0 saturated carbocycles. The normalized spacial score (nSPS) is 11.7. The SMILES string of the molecule is C=C(C)COc1ccc(C(=O)NC[C@@H](C)n2cncn2)cc1. The van der Waals surface area contributed by atoms with Crippen LogP contribution in [0.15, 0.2) is 49.1 Å². The molecule has 0 spiro atoms. The number of ether oxygens (including phenoxy) is 1. The number of hydrogen-bond donors (Lipinski definition) is 1. The fourth-order valence-electron chi connectivity index (χ4n) is 1.79. The van der Waals surface area contributed by atoms with Crippen molar-refractivity contribution in [1.29, 1.82) is 0 Å². The lowest BCUT2D eigenvalue weighted by atomic mass is 10.2. The fraction of sp³-hybridized carbons (Fsp3) is 0.312. The second kappa shape index (κ2) is 7.40. The van der Waals surface area contributed by atoms with Crippen LogP contribution >= 0.6 is 0 Å². The number of carbonyl (C=O) groups excluding carboxylic acids is 1. The zero-order chi connectivity index (χ0) is 15.9. The molecule has 1 N–H and O–H groups in total. The van der Waals surface area contributed by atoms with E-state index >= 15 is 0 Å². The third-order valence-electron chi connectivity index (χ3n) is 3.05. The summed E-state index contributed by atoms with van der Waals surface area (Å²) in [4.78, 5) is 16.0. The van der Waals surface area contributed by atoms with Crippen LogP contribution in [-0.2, 0) is 0 Å². The van der Waals surface area contributed by atoms with Crippen molar-refractivity contribution < 1.29 is 9.53 Å². The maximum atomic E-state index is 12.1. The summed E-state index contributed by atoms with van der Waals surface area (Å²) in [5.41, 5.74) is 1.54. The van der Waals surface area contributed by atoms with Crippen molar-refractivity contribution in [2.24, 2.45) is 0 Å². The van der Waals surface area contributed by atoms with E-state index in [1.54, 1.807) is 35.3 Å². The third kappa shape index (κ3) is 4.44. The average Bonchev–Trinajstić information content (AvgIpc) is 3.05. The summed E-state index contributed by atoms with van der Waals surface area (Å²) in [5.74, 6) is 0.592. The number of nitrogens with zero attached hydrogens (tertiary/aromatic N) is 3. The fourth-order valence-corrected chi connectivity index (χ4v) is 1.79. The molecule has 116 valence electrons. The van der Waals surface area contributed by atoms with Gasteiger partial charge in [0.15, 0.2) is 0 Å². The molecule has 1 aromatic carbocycles. The van der Waals surface area contributed by atoms with E-state index in [4.69, 9.17) is 4.74 Å². The summed E-state index contributed by atoms with van der Waals surface area (Å²) < 4.78 is 7.20. The molecule has 1 heterocycles. The van der Waals surface area contributed by atoms with Crippen molar-refractivity contribution >= 4 is 5.91 Å². The summed E-state index contributed by atoms with van der Waals surface area (Å²) in [6, 6.07) is 7.08. The Hall–Kier alpha value is -2.63. The predicted octanol–water partition coefficient (Wildman–Crippen LogP) is 2.22. The zero-order valence-electron chi connectivity index (χ0n) is 12.8. The first-order valence-electron chi connectivity index (χ1n) is 7.06. The molecule has 22 heavy (non-hydrogen) atoms. The molecule has 6 nitrogen and oxygen atoms in total. The molecular weight excluding hydrogens is 280 g/mol. The number of rotatable bonds is 7. The van der Waals surface area contributed by atoms with Gasteiger partial charge in [-0.15, -0.1) is 0 Å². The smallest absolute Gasteiger partial charge is 0.251 e. The van der Waals surface area contributed by atoms with E-state index in [1.165, 1.54) is 6.33 Å². The van der Waals surface area contributed by atoms with Crippen LogP contribution in [0, 0.1) is 0 Å². The Kier molecular flexibility index (Phi) is 5.30. The van der Waals surface area contributed by atoms with Crippen molar-refractivity contribution in [2.45, 2.75) is 19.9 Å². The third-order valence-corrected chi connectivity index (χ3v) is 3.05. The molecular formula is C16H20N4O2. The monoisotopic (exact) mass is 300 g/mol. The average molecular weight is 300 g/mol. The summed E-state index contributed by atoms with van der Waals surface area (Å²) >= 11 is 0. The van der Waals surface area contributed by atoms with Gasteiger partial charge in [0, 0.05) is 12.1 Å². The lowest BCUT2D eigenvalue weighted by molar-refractivity contribution is 0.0948. The number of carbonyl (C=O) groups is 1. The second-order valence-electron chi connectivity index (χ2n) is 5.20. The van der Waals surface area contributed by atoms with Crippen LogP contribution in [-0.4, -0.2) is 33.8 Å². The molecule has 0 radical (unpaired) electrons. The molecule has 0 bridgehead atoms. The summed E-state index contributed by atoms with van der Waals surface area (Å²) in [6.07, 6.45) is 3.10. The minimum atomic E-state index is -0.126. The van der Waals surface area contributed by atoms with Crippen molar-refractivity contribution in [1.82, 2.24) is 20.1 Å². The largest absolute Gasteiger partial charge is 0.489 e. The van der Waals surface area contributed by atoms with E-state index in [2.05, 4.69) is 22.0 Å². The van der Waals surface area contributed by atoms with E-state index in [0.29, 0.717) is 18.7 Å². The van der Waals surface area contributed by atoms with Crippen LogP contribution in [0.25, 0.3) is 0 Å². The van der Waals surface area contributed by atoms with E-state index in [-0.39, 0.29) is 11.9 Å². The molecule has 6 heteroatoms. The molecule has 2 aromatic rings. The first-order chi connectivity index (χ1) is 10.6. The van der Waals surface area contributed by atoms with Gasteiger partial charge in [-0.1, -0.05) is 6.58 Å². The first kappa shape index (κ1) is 15.8. The molecule has 0 aliphatic rings. The highest BCUT2D eigenvalue weighted by molar-refractivity contribution is 5.94. The summed E-state index contributed by atoms with van der Waals surface area (Å²) in [5, 5.41) is 6.92. The Labute approximate surface area is 129 Å². The van der Waals surface area contributed by atoms with Gasteiger partial charge < -0.3 is 10.1 Å². The topological polar surface area (TPSA) is 69.0 Å². The van der Waals surface area contributed by atoms with Gasteiger partial charge in [-0.25, -0.2) is 9.67 Å². The molecule has 1 atom stereocenters. The maximum Gasteiger partial charge on any atom is 0.251 e. The van der Waals surface area contributed by atoms with Gasteiger partial charge >= 0.3 is 0 Å². The Morgan fingerprint density at radius 2 is 2.14 bits per heavy atom. The van der Waals surface area contributed by atoms with Gasteiger partial charge in [0.1, 0.15) is 25.0 Å². The lowest BCUT2D eigenvalue weighted by Gasteiger charge is -2.13. The Morgan fingerprint density at radius 3 is 2.73 bits per heavy atom. The minimum absolute atomic E-state index is 0.0459. The first-order valence-corrected chi connectivity index (χ1v) is 7.06. The highest BCUT2D eigenvalue weighted by Crippen LogP contribution is 2.13. The van der Waals surface area contributed by atoms with Gasteiger partial charge in [-0.2, -0.15) is 5.10 Å². The lowest BCUT2D eigenvalue weighted by Crippen LogP contribution is -2.29. The molecule has 0 aliphatic heterocycles. The molecule has 2 rings (SSSR count). The Balaban J connectivity index is 1.85. The second-order valence-corrected chi connectivity index (χ2v) is 5.20. The molecule has 1 aromatic heterocycles. The highest BCUT2D eigenvalue weighted by atomic mass is 16.5. The Morgan fingerprint density at radius 1 is 1.41 bits per heavy atom. The van der Waals surface area contributed by atoms with Crippen LogP contribution in [0.2, 0.25) is 0 Å². The number of benzene rings is 1. The van der Waals surface area contributed by atoms with Gasteiger partial charge in [0.05, 0.1) is 6.04 Å². The van der Waals surface area contributed by atoms with Gasteiger partial charge in [0.2, 0.25) is 0 Å². The number of aromatic nitrogens is 3. The Bertz CT molecular complexity index is 620. The van der Waals surface area contributed by atoms with Crippen LogP contribution in [0.3, 0.4) is 0 Å². The summed E-state index contributed by atoms with van der Waals surface area (Å²) in [7, 11) is 0. The molecule has 0 fully saturated rings. The van der Waals surface area contributed by atoms with E-state index < -0.39 is 0 Å². The van der Waals surface area contributed by atoms with Crippen LogP contribution < -0.4 is 10.1 Å². The number of hydrogen-bond acceptors (Lipinski definition) is 4. The minimum Gasteiger partial charge on any atom is -0.489 e. The van der Waals surface area contributed by atoms with Crippen LogP contribution in [0.1, 0.15) is 30.2 Å². The molecule has 0 aliphatic carbocycles. The number of nitrogens with one attached hydrogen (secondary N) is 1. The van der Waals surface area contributed by atoms with Crippen LogP contribution in [0.5, 0.6) is 5.75 Å². The van der Waals surface area contributed by atoms with Gasteiger partial charge in [-0.3, -0.25) is 4.79 Å². The van der Waals surface area contributed by atoms with E-state index in [1.807, 2.05) is 13.8 Å². The molecule has 0 unspecified atom stereocenters. The number of amides is 1. The van der Waals surface area contributed by atoms with Crippen molar-refractivity contribution in [3.05, 3.63) is 54.6 Å². The van der Waals surface area contributed by atoms with Crippen LogP contribution in [0.4, 0.5) is 0 Å². The van der Waals surface area contributed by atoms with Crippen molar-refractivity contribution in [3.8, 4) is 5.75 Å². The van der Waals surface area contributed by atoms with Crippen molar-refractivity contribution in [2.75, 3.05) is 13.2 Å². The maximum absolute atomic E-state index is 12.1. The zero-order valence-corrected chi connectivity index (χ0v) is 12.8. The molecule has 0 saturated heterocycles. The quantitative estimate of drug-likeness (QED) is 0.796. The molecule has 1 amide bonds. The van der Waals surface area contributed by atoms with Gasteiger partial charge in [-0.05, 0) is 43.7 Å². The van der Waals surface area contributed by atoms with E-state index in [0.717, 1.165) is 11.3 Å². The van der Waals surface area contributed by atoms with E-state index in [9.17, 15) is 4.79 Å².